The number of aryl methyl sites for hydroxylation is 2. The fourth-order valence-corrected chi connectivity index (χ4v) is 3.10. The monoisotopic (exact) mass is 306 g/mol. The van der Waals surface area contributed by atoms with E-state index in [9.17, 15) is 0 Å². The van der Waals surface area contributed by atoms with Gasteiger partial charge in [-0.05, 0) is 39.3 Å². The molecule has 106 valence electrons. The summed E-state index contributed by atoms with van der Waals surface area (Å²) in [5.41, 5.74) is 8.27. The molecular formula is C14H18N4S2. The molecule has 0 amide bonds. The standard InChI is InChI=1S/C14H18N4S2/c1-8-7-9(2)17-12(10(8)11(15)19)18-14(3,4)13-16-5-6-20-13/h5-7H,1-4H3,(H2,15,19)(H,17,18). The van der Waals surface area contributed by atoms with E-state index in [1.807, 2.05) is 25.3 Å². The van der Waals surface area contributed by atoms with Crippen molar-refractivity contribution in [2.24, 2.45) is 5.73 Å². The van der Waals surface area contributed by atoms with Crippen molar-refractivity contribution in [1.82, 2.24) is 9.97 Å². The van der Waals surface area contributed by atoms with E-state index in [4.69, 9.17) is 18.0 Å². The van der Waals surface area contributed by atoms with Gasteiger partial charge in [-0.1, -0.05) is 12.2 Å². The molecule has 0 aliphatic rings. The van der Waals surface area contributed by atoms with Crippen molar-refractivity contribution in [2.75, 3.05) is 5.32 Å². The molecule has 0 radical (unpaired) electrons. The number of rotatable bonds is 4. The number of pyridine rings is 1. The average Bonchev–Trinajstić information content (AvgIpc) is 2.79. The molecule has 3 N–H and O–H groups in total. The van der Waals surface area contributed by atoms with Gasteiger partial charge in [0, 0.05) is 17.3 Å². The van der Waals surface area contributed by atoms with Gasteiger partial charge in [0.25, 0.3) is 0 Å². The Balaban J connectivity index is 2.46. The van der Waals surface area contributed by atoms with Crippen LogP contribution in [0.3, 0.4) is 0 Å². The highest BCUT2D eigenvalue weighted by Crippen LogP contribution is 2.29. The van der Waals surface area contributed by atoms with Crippen molar-refractivity contribution < 1.29 is 0 Å². The smallest absolute Gasteiger partial charge is 0.137 e. The fraction of sp³-hybridized carbons (Fsp3) is 0.357. The van der Waals surface area contributed by atoms with Crippen LogP contribution in [0.15, 0.2) is 17.6 Å². The largest absolute Gasteiger partial charge is 0.389 e. The van der Waals surface area contributed by atoms with Crippen LogP contribution in [0.4, 0.5) is 5.82 Å². The van der Waals surface area contributed by atoms with Gasteiger partial charge < -0.3 is 11.1 Å². The normalized spacial score (nSPS) is 11.4. The lowest BCUT2D eigenvalue weighted by Crippen LogP contribution is -2.30. The van der Waals surface area contributed by atoms with E-state index in [0.717, 1.165) is 27.6 Å². The van der Waals surface area contributed by atoms with Crippen LogP contribution >= 0.6 is 23.6 Å². The first-order valence-corrected chi connectivity index (χ1v) is 7.56. The van der Waals surface area contributed by atoms with Crippen LogP contribution in [0.1, 0.15) is 35.7 Å². The highest BCUT2D eigenvalue weighted by molar-refractivity contribution is 7.80. The Morgan fingerprint density at radius 3 is 2.65 bits per heavy atom. The van der Waals surface area contributed by atoms with Crippen LogP contribution < -0.4 is 11.1 Å². The maximum atomic E-state index is 5.84. The molecule has 6 heteroatoms. The number of anilines is 1. The molecular weight excluding hydrogens is 288 g/mol. The summed E-state index contributed by atoms with van der Waals surface area (Å²) in [6.45, 7) is 8.08. The number of hydrogen-bond donors (Lipinski definition) is 2. The van der Waals surface area contributed by atoms with Gasteiger partial charge in [0.15, 0.2) is 0 Å². The number of aromatic nitrogens is 2. The minimum Gasteiger partial charge on any atom is -0.389 e. The maximum Gasteiger partial charge on any atom is 0.137 e. The number of nitrogens with zero attached hydrogens (tertiary/aromatic N) is 2. The second kappa shape index (κ2) is 5.46. The molecule has 2 aromatic heterocycles. The Hall–Kier alpha value is -1.53. The SMILES string of the molecule is Cc1cc(C)c(C(N)=S)c(NC(C)(C)c2nccs2)n1. The highest BCUT2D eigenvalue weighted by Gasteiger charge is 2.25. The summed E-state index contributed by atoms with van der Waals surface area (Å²) in [5, 5.41) is 6.37. The van der Waals surface area contributed by atoms with Crippen molar-refractivity contribution in [1.29, 1.82) is 0 Å². The molecule has 0 aliphatic carbocycles. The van der Waals surface area contributed by atoms with Crippen molar-refractivity contribution in [2.45, 2.75) is 33.2 Å². The Morgan fingerprint density at radius 2 is 2.10 bits per heavy atom. The van der Waals surface area contributed by atoms with Crippen LogP contribution in [0.25, 0.3) is 0 Å². The van der Waals surface area contributed by atoms with E-state index in [1.54, 1.807) is 17.5 Å². The first kappa shape index (κ1) is 14.9. The van der Waals surface area contributed by atoms with Gasteiger partial charge in [-0.15, -0.1) is 11.3 Å². The van der Waals surface area contributed by atoms with Crippen LogP contribution in [0, 0.1) is 13.8 Å². The molecule has 2 aromatic rings. The number of hydrogen-bond acceptors (Lipinski definition) is 5. The van der Waals surface area contributed by atoms with E-state index >= 15 is 0 Å². The Bertz CT molecular complexity index is 633. The van der Waals surface area contributed by atoms with Gasteiger partial charge in [-0.3, -0.25) is 0 Å². The summed E-state index contributed by atoms with van der Waals surface area (Å²) in [6, 6.07) is 1.98. The summed E-state index contributed by atoms with van der Waals surface area (Å²) in [6.07, 6.45) is 1.80. The van der Waals surface area contributed by atoms with E-state index in [2.05, 4.69) is 29.1 Å². The third-order valence-corrected chi connectivity index (χ3v) is 4.29. The fourth-order valence-electron chi connectivity index (χ4n) is 2.12. The molecule has 0 aliphatic heterocycles. The first-order chi connectivity index (χ1) is 9.31. The number of nitrogens with one attached hydrogen (secondary N) is 1. The van der Waals surface area contributed by atoms with E-state index in [1.165, 1.54) is 0 Å². The Kier molecular flexibility index (Phi) is 4.06. The number of thiocarbonyl (C=S) groups is 1. The third kappa shape index (κ3) is 2.96. The van der Waals surface area contributed by atoms with E-state index in [0.29, 0.717) is 4.99 Å². The van der Waals surface area contributed by atoms with E-state index in [-0.39, 0.29) is 5.54 Å². The van der Waals surface area contributed by atoms with E-state index < -0.39 is 0 Å². The highest BCUT2D eigenvalue weighted by atomic mass is 32.1. The molecule has 0 atom stereocenters. The predicted molar refractivity (Wildman–Crippen MR) is 88.4 cm³/mol. The molecule has 20 heavy (non-hydrogen) atoms. The van der Waals surface area contributed by atoms with Crippen molar-refractivity contribution in [3.63, 3.8) is 0 Å². The molecule has 2 heterocycles. The molecule has 0 aromatic carbocycles. The van der Waals surface area contributed by atoms with Gasteiger partial charge in [0.2, 0.25) is 0 Å². The zero-order valence-corrected chi connectivity index (χ0v) is 13.7. The summed E-state index contributed by atoms with van der Waals surface area (Å²) < 4.78 is 0. The molecule has 0 saturated heterocycles. The summed E-state index contributed by atoms with van der Waals surface area (Å²) in [5.74, 6) is 0.718. The number of nitrogens with two attached hydrogens (primary N) is 1. The van der Waals surface area contributed by atoms with Crippen molar-refractivity contribution in [3.05, 3.63) is 39.5 Å². The zero-order chi connectivity index (χ0) is 14.9. The quantitative estimate of drug-likeness (QED) is 0.850. The Morgan fingerprint density at radius 1 is 1.40 bits per heavy atom. The molecule has 0 unspecified atom stereocenters. The number of thiazole rings is 1. The molecule has 0 fully saturated rings. The first-order valence-electron chi connectivity index (χ1n) is 6.27. The molecule has 0 bridgehead atoms. The van der Waals surface area contributed by atoms with Crippen LogP contribution in [-0.4, -0.2) is 15.0 Å². The molecule has 0 spiro atoms. The predicted octanol–water partition coefficient (Wildman–Crippen LogP) is 3.14. The second-order valence-corrected chi connectivity index (χ2v) is 6.59. The summed E-state index contributed by atoms with van der Waals surface area (Å²) >= 11 is 6.76. The topological polar surface area (TPSA) is 63.8 Å². The van der Waals surface area contributed by atoms with Crippen LogP contribution in [-0.2, 0) is 5.54 Å². The van der Waals surface area contributed by atoms with Gasteiger partial charge in [-0.2, -0.15) is 0 Å². The van der Waals surface area contributed by atoms with Crippen molar-refractivity contribution in [3.8, 4) is 0 Å². The lowest BCUT2D eigenvalue weighted by atomic mass is 10.0. The van der Waals surface area contributed by atoms with Crippen LogP contribution in [0.2, 0.25) is 0 Å². The minimum atomic E-state index is -0.332. The lowest BCUT2D eigenvalue weighted by molar-refractivity contribution is 0.600. The molecule has 4 nitrogen and oxygen atoms in total. The zero-order valence-electron chi connectivity index (χ0n) is 12.0. The minimum absolute atomic E-state index is 0.332. The summed E-state index contributed by atoms with van der Waals surface area (Å²) in [4.78, 5) is 9.27. The van der Waals surface area contributed by atoms with Crippen molar-refractivity contribution >= 4 is 34.4 Å². The van der Waals surface area contributed by atoms with Gasteiger partial charge in [-0.25, -0.2) is 9.97 Å². The lowest BCUT2D eigenvalue weighted by Gasteiger charge is -2.26. The third-order valence-electron chi connectivity index (χ3n) is 2.99. The maximum absolute atomic E-state index is 5.84. The average molecular weight is 306 g/mol. The second-order valence-electron chi connectivity index (χ2n) is 5.26. The Labute approximate surface area is 128 Å². The molecule has 0 saturated carbocycles. The van der Waals surface area contributed by atoms with Crippen LogP contribution in [0.5, 0.6) is 0 Å². The summed E-state index contributed by atoms with van der Waals surface area (Å²) in [7, 11) is 0. The molecule has 2 rings (SSSR count). The van der Waals surface area contributed by atoms with Gasteiger partial charge >= 0.3 is 0 Å². The van der Waals surface area contributed by atoms with Gasteiger partial charge in [0.05, 0.1) is 11.1 Å². The van der Waals surface area contributed by atoms with Gasteiger partial charge in [0.1, 0.15) is 15.8 Å².